The van der Waals surface area contributed by atoms with E-state index < -0.39 is 0 Å². The highest BCUT2D eigenvalue weighted by molar-refractivity contribution is 9.25. The van der Waals surface area contributed by atoms with Crippen LogP contribution in [0, 0.1) is 17.3 Å². The normalized spacial score (nSPS) is 44.2. The van der Waals surface area contributed by atoms with Gasteiger partial charge in [0, 0.05) is 6.04 Å². The summed E-state index contributed by atoms with van der Waals surface area (Å²) in [6.07, 6.45) is 4.53. The van der Waals surface area contributed by atoms with E-state index in [1.807, 2.05) is 6.92 Å². The molecule has 1 N–H and O–H groups in total. The second-order valence-corrected chi connectivity index (χ2v) is 9.83. The molecule has 2 nitrogen and oxygen atoms in total. The monoisotopic (exact) mass is 365 g/mol. The number of carbonyl (C=O) groups is 1. The molecular weight excluding hydrogens is 346 g/mol. The summed E-state index contributed by atoms with van der Waals surface area (Å²) in [5.74, 6) is 1.51. The van der Waals surface area contributed by atoms with E-state index in [1.165, 1.54) is 12.8 Å². The van der Waals surface area contributed by atoms with E-state index in [0.29, 0.717) is 12.0 Å². The maximum Gasteiger partial charge on any atom is 0.228 e. The molecule has 1 amide bonds. The first-order chi connectivity index (χ1) is 7.78. The first-order valence-corrected chi connectivity index (χ1v) is 8.05. The molecule has 0 heterocycles. The van der Waals surface area contributed by atoms with Crippen LogP contribution in [0.4, 0.5) is 0 Å². The van der Waals surface area contributed by atoms with Gasteiger partial charge in [-0.15, -0.1) is 0 Å². The number of hydrogen-bond acceptors (Lipinski definition) is 1. The number of amides is 1. The summed E-state index contributed by atoms with van der Waals surface area (Å²) in [5, 5.41) is 3.26. The van der Waals surface area contributed by atoms with E-state index in [0.717, 1.165) is 18.8 Å². The Morgan fingerprint density at radius 3 is 2.41 bits per heavy atom. The van der Waals surface area contributed by atoms with Crippen LogP contribution in [-0.4, -0.2) is 15.2 Å². The third kappa shape index (κ3) is 2.44. The largest absolute Gasteiger partial charge is 0.353 e. The van der Waals surface area contributed by atoms with Crippen molar-refractivity contribution in [3.05, 3.63) is 0 Å². The fraction of sp³-hybridized carbons (Fsp3) is 0.923. The first-order valence-electron chi connectivity index (χ1n) is 6.47. The standard InChI is InChI=1S/C13H21Br2NO/c1-8-5-4-6-10(9(8)2)16-11(17)12(3)7-13(12,14)15/h8-10H,4-7H2,1-3H3,(H,16,17). The number of carbonyl (C=O) groups excluding carboxylic acids is 1. The van der Waals surface area contributed by atoms with Crippen molar-refractivity contribution in [2.45, 2.75) is 55.7 Å². The Morgan fingerprint density at radius 2 is 1.88 bits per heavy atom. The molecule has 2 rings (SSSR count). The third-order valence-corrected chi connectivity index (χ3v) is 7.09. The van der Waals surface area contributed by atoms with Gasteiger partial charge in [-0.05, 0) is 31.6 Å². The predicted octanol–water partition coefficient (Wildman–Crippen LogP) is 3.82. The summed E-state index contributed by atoms with van der Waals surface area (Å²) in [4.78, 5) is 12.3. The third-order valence-electron chi connectivity index (χ3n) is 4.78. The van der Waals surface area contributed by atoms with Gasteiger partial charge in [0.05, 0.1) is 8.65 Å². The van der Waals surface area contributed by atoms with Crippen LogP contribution >= 0.6 is 31.9 Å². The number of hydrogen-bond donors (Lipinski definition) is 1. The first kappa shape index (κ1) is 13.9. The summed E-state index contributed by atoms with van der Waals surface area (Å²) in [6, 6.07) is 0.361. The number of halogens is 2. The van der Waals surface area contributed by atoms with Gasteiger partial charge >= 0.3 is 0 Å². The molecule has 2 aliphatic carbocycles. The smallest absolute Gasteiger partial charge is 0.228 e. The molecule has 2 aliphatic rings. The molecule has 0 aliphatic heterocycles. The molecule has 4 unspecified atom stereocenters. The zero-order valence-corrected chi connectivity index (χ0v) is 13.9. The molecule has 17 heavy (non-hydrogen) atoms. The highest BCUT2D eigenvalue weighted by atomic mass is 79.9. The van der Waals surface area contributed by atoms with Gasteiger partial charge in [-0.2, -0.15) is 0 Å². The molecule has 2 saturated carbocycles. The molecule has 0 spiro atoms. The van der Waals surface area contributed by atoms with Crippen LogP contribution in [0.15, 0.2) is 0 Å². The highest BCUT2D eigenvalue weighted by Gasteiger charge is 2.66. The Balaban J connectivity index is 1.95. The van der Waals surface area contributed by atoms with Crippen molar-refractivity contribution in [1.29, 1.82) is 0 Å². The van der Waals surface area contributed by atoms with Crippen LogP contribution in [0.2, 0.25) is 0 Å². The van der Waals surface area contributed by atoms with E-state index in [9.17, 15) is 4.79 Å². The van der Waals surface area contributed by atoms with Crippen molar-refractivity contribution < 1.29 is 4.79 Å². The maximum atomic E-state index is 12.3. The van der Waals surface area contributed by atoms with Crippen molar-refractivity contribution in [2.75, 3.05) is 0 Å². The number of nitrogens with one attached hydrogen (secondary N) is 1. The van der Waals surface area contributed by atoms with E-state index in [2.05, 4.69) is 51.0 Å². The number of alkyl halides is 2. The molecule has 0 aromatic carbocycles. The minimum Gasteiger partial charge on any atom is -0.353 e. The fourth-order valence-corrected chi connectivity index (χ4v) is 4.24. The quantitative estimate of drug-likeness (QED) is 0.739. The minimum absolute atomic E-state index is 0.180. The van der Waals surface area contributed by atoms with Gasteiger partial charge in [-0.3, -0.25) is 4.79 Å². The molecular formula is C13H21Br2NO. The highest BCUT2D eigenvalue weighted by Crippen LogP contribution is 2.66. The average Bonchev–Trinajstić information content (AvgIpc) is 2.75. The molecule has 98 valence electrons. The Morgan fingerprint density at radius 1 is 1.29 bits per heavy atom. The molecule has 2 fully saturated rings. The number of rotatable bonds is 2. The van der Waals surface area contributed by atoms with Gasteiger partial charge in [-0.25, -0.2) is 0 Å². The van der Waals surface area contributed by atoms with E-state index in [4.69, 9.17) is 0 Å². The van der Waals surface area contributed by atoms with Crippen LogP contribution in [0.1, 0.15) is 46.5 Å². The lowest BCUT2D eigenvalue weighted by Crippen LogP contribution is -2.46. The van der Waals surface area contributed by atoms with Gasteiger partial charge in [0.25, 0.3) is 0 Å². The lowest BCUT2D eigenvalue weighted by atomic mass is 9.78. The van der Waals surface area contributed by atoms with Gasteiger partial charge < -0.3 is 5.32 Å². The zero-order valence-electron chi connectivity index (χ0n) is 10.7. The summed E-state index contributed by atoms with van der Waals surface area (Å²) in [5.41, 5.74) is -0.284. The lowest BCUT2D eigenvalue weighted by molar-refractivity contribution is -0.127. The molecule has 0 radical (unpaired) electrons. The van der Waals surface area contributed by atoms with Crippen LogP contribution in [0.5, 0.6) is 0 Å². The Kier molecular flexibility index (Phi) is 3.68. The van der Waals surface area contributed by atoms with Crippen molar-refractivity contribution in [2.24, 2.45) is 17.3 Å². The Bertz CT molecular complexity index is 331. The van der Waals surface area contributed by atoms with Crippen LogP contribution in [0.3, 0.4) is 0 Å². The molecule has 4 atom stereocenters. The predicted molar refractivity (Wildman–Crippen MR) is 77.4 cm³/mol. The van der Waals surface area contributed by atoms with Gasteiger partial charge in [0.2, 0.25) is 5.91 Å². The summed E-state index contributed by atoms with van der Waals surface area (Å²) < 4.78 is -0.180. The van der Waals surface area contributed by atoms with E-state index in [-0.39, 0.29) is 14.6 Å². The van der Waals surface area contributed by atoms with Crippen LogP contribution in [0.25, 0.3) is 0 Å². The Labute approximate surface area is 121 Å². The fourth-order valence-electron chi connectivity index (χ4n) is 2.76. The minimum atomic E-state index is -0.284. The van der Waals surface area contributed by atoms with Gasteiger partial charge in [0.1, 0.15) is 0 Å². The average molecular weight is 367 g/mol. The lowest BCUT2D eigenvalue weighted by Gasteiger charge is -2.35. The molecule has 0 bridgehead atoms. The maximum absolute atomic E-state index is 12.3. The van der Waals surface area contributed by atoms with Gasteiger partial charge in [-0.1, -0.05) is 58.5 Å². The summed E-state index contributed by atoms with van der Waals surface area (Å²) >= 11 is 7.11. The van der Waals surface area contributed by atoms with Crippen molar-refractivity contribution >= 4 is 37.8 Å². The topological polar surface area (TPSA) is 29.1 Å². The van der Waals surface area contributed by atoms with Crippen molar-refractivity contribution in [3.8, 4) is 0 Å². The molecule has 4 heteroatoms. The molecule has 0 aromatic rings. The van der Waals surface area contributed by atoms with E-state index >= 15 is 0 Å². The van der Waals surface area contributed by atoms with Crippen LogP contribution in [-0.2, 0) is 4.79 Å². The van der Waals surface area contributed by atoms with Crippen molar-refractivity contribution in [3.63, 3.8) is 0 Å². The zero-order chi connectivity index (χ0) is 12.8. The van der Waals surface area contributed by atoms with Crippen LogP contribution < -0.4 is 5.32 Å². The summed E-state index contributed by atoms with van der Waals surface area (Å²) in [6.45, 7) is 6.57. The molecule has 0 saturated heterocycles. The second-order valence-electron chi connectivity index (χ2n) is 6.06. The second kappa shape index (κ2) is 4.52. The van der Waals surface area contributed by atoms with E-state index in [1.54, 1.807) is 0 Å². The SMILES string of the molecule is CC1CCCC(NC(=O)C2(C)CC2(Br)Br)C1C. The molecule has 0 aromatic heterocycles. The Hall–Kier alpha value is 0.430. The summed E-state index contributed by atoms with van der Waals surface area (Å²) in [7, 11) is 0. The van der Waals surface area contributed by atoms with Gasteiger partial charge in [0.15, 0.2) is 0 Å². The van der Waals surface area contributed by atoms with Crippen molar-refractivity contribution in [1.82, 2.24) is 5.32 Å².